The molecular formula is C26H25FN4O3. The molecule has 0 spiro atoms. The van der Waals surface area contributed by atoms with E-state index in [0.717, 1.165) is 30.1 Å². The highest BCUT2D eigenvalue weighted by Gasteiger charge is 2.26. The summed E-state index contributed by atoms with van der Waals surface area (Å²) < 4.78 is 24.8. The second kappa shape index (κ2) is 9.43. The maximum Gasteiger partial charge on any atom is 0.321 e. The molecule has 1 N–H and O–H groups in total. The minimum atomic E-state index is -0.337. The molecule has 2 amide bonds. The summed E-state index contributed by atoms with van der Waals surface area (Å²) in [5.41, 5.74) is 2.20. The molecule has 0 unspecified atom stereocenters. The summed E-state index contributed by atoms with van der Waals surface area (Å²) in [6.45, 7) is 2.50. The molecule has 2 aliphatic rings. The number of nitrogens with zero attached hydrogens (tertiary/aromatic N) is 3. The molecule has 1 fully saturated rings. The van der Waals surface area contributed by atoms with Gasteiger partial charge >= 0.3 is 6.03 Å². The smallest absolute Gasteiger partial charge is 0.321 e. The predicted octanol–water partition coefficient (Wildman–Crippen LogP) is 5.26. The molecular weight excluding hydrogens is 435 g/mol. The summed E-state index contributed by atoms with van der Waals surface area (Å²) in [7, 11) is 1.63. The number of methoxy groups -OCH3 is 1. The molecule has 2 heterocycles. The van der Waals surface area contributed by atoms with Gasteiger partial charge in [0.2, 0.25) is 0 Å². The van der Waals surface area contributed by atoms with Crippen LogP contribution in [0.4, 0.5) is 20.6 Å². The molecule has 0 aliphatic carbocycles. The van der Waals surface area contributed by atoms with Crippen LogP contribution in [0.1, 0.15) is 12.0 Å². The van der Waals surface area contributed by atoms with Crippen molar-refractivity contribution in [2.75, 3.05) is 38.6 Å². The van der Waals surface area contributed by atoms with Crippen LogP contribution in [0.5, 0.6) is 17.2 Å². The third-order valence-electron chi connectivity index (χ3n) is 5.92. The highest BCUT2D eigenvalue weighted by Crippen LogP contribution is 2.39. The summed E-state index contributed by atoms with van der Waals surface area (Å²) in [5.74, 6) is 2.54. The van der Waals surface area contributed by atoms with Crippen molar-refractivity contribution >= 4 is 23.2 Å². The zero-order chi connectivity index (χ0) is 23.5. The highest BCUT2D eigenvalue weighted by atomic mass is 19.1. The predicted molar refractivity (Wildman–Crippen MR) is 129 cm³/mol. The van der Waals surface area contributed by atoms with Crippen molar-refractivity contribution in [2.24, 2.45) is 4.99 Å². The van der Waals surface area contributed by atoms with E-state index in [4.69, 9.17) is 14.5 Å². The highest BCUT2D eigenvalue weighted by molar-refractivity contribution is 6.04. The average molecular weight is 461 g/mol. The molecule has 5 rings (SSSR count). The number of para-hydroxylation sites is 2. The van der Waals surface area contributed by atoms with Crippen molar-refractivity contribution in [1.82, 2.24) is 9.80 Å². The minimum absolute atomic E-state index is 0.199. The van der Waals surface area contributed by atoms with E-state index in [1.807, 2.05) is 42.5 Å². The number of amidine groups is 1. The first kappa shape index (κ1) is 21.8. The third kappa shape index (κ3) is 4.52. The number of rotatable bonds is 2. The van der Waals surface area contributed by atoms with E-state index in [9.17, 15) is 9.18 Å². The fourth-order valence-electron chi connectivity index (χ4n) is 4.14. The topological polar surface area (TPSA) is 66.4 Å². The molecule has 3 aromatic rings. The summed E-state index contributed by atoms with van der Waals surface area (Å²) in [6, 6.07) is 19.0. The Balaban J connectivity index is 1.38. The van der Waals surface area contributed by atoms with Crippen LogP contribution in [-0.4, -0.2) is 55.0 Å². The first-order valence-corrected chi connectivity index (χ1v) is 11.2. The van der Waals surface area contributed by atoms with Gasteiger partial charge in [-0.05, 0) is 55.0 Å². The molecule has 0 radical (unpaired) electrons. The Bertz CT molecular complexity index is 1230. The van der Waals surface area contributed by atoms with E-state index < -0.39 is 0 Å². The molecule has 0 saturated carbocycles. The lowest BCUT2D eigenvalue weighted by molar-refractivity contribution is 0.214. The lowest BCUT2D eigenvalue weighted by Gasteiger charge is -2.25. The SMILES string of the molecule is COc1ccc2c(c1)Oc1ccccc1N=C2N1CCCN(C(=O)Nc2ccc(F)cc2)CC1. The maximum atomic E-state index is 13.2. The van der Waals surface area contributed by atoms with Crippen LogP contribution in [0.3, 0.4) is 0 Å². The van der Waals surface area contributed by atoms with Crippen molar-refractivity contribution in [2.45, 2.75) is 6.42 Å². The van der Waals surface area contributed by atoms with Crippen LogP contribution < -0.4 is 14.8 Å². The van der Waals surface area contributed by atoms with Crippen LogP contribution in [0, 0.1) is 5.82 Å². The first-order chi connectivity index (χ1) is 16.6. The summed E-state index contributed by atoms with van der Waals surface area (Å²) >= 11 is 0. The number of ether oxygens (including phenoxy) is 2. The van der Waals surface area contributed by atoms with Crippen LogP contribution in [0.25, 0.3) is 0 Å². The van der Waals surface area contributed by atoms with E-state index in [1.165, 1.54) is 12.1 Å². The van der Waals surface area contributed by atoms with E-state index in [2.05, 4.69) is 10.2 Å². The normalized spacial score (nSPS) is 15.2. The molecule has 34 heavy (non-hydrogen) atoms. The molecule has 1 saturated heterocycles. The lowest BCUT2D eigenvalue weighted by atomic mass is 10.1. The fraction of sp³-hybridized carbons (Fsp3) is 0.231. The third-order valence-corrected chi connectivity index (χ3v) is 5.92. The van der Waals surface area contributed by atoms with Crippen molar-refractivity contribution in [3.05, 3.63) is 78.1 Å². The molecule has 0 atom stereocenters. The van der Waals surface area contributed by atoms with Gasteiger partial charge in [0.25, 0.3) is 0 Å². The van der Waals surface area contributed by atoms with Crippen molar-refractivity contribution in [1.29, 1.82) is 0 Å². The van der Waals surface area contributed by atoms with Gasteiger partial charge in [-0.25, -0.2) is 14.2 Å². The Kier molecular flexibility index (Phi) is 6.03. The second-order valence-corrected chi connectivity index (χ2v) is 8.13. The number of fused-ring (bicyclic) bond motifs is 2. The number of carbonyl (C=O) groups excluding carboxylic acids is 1. The van der Waals surface area contributed by atoms with E-state index in [0.29, 0.717) is 42.6 Å². The number of benzene rings is 3. The molecule has 0 bridgehead atoms. The number of amides is 2. The van der Waals surface area contributed by atoms with Gasteiger partial charge in [-0.2, -0.15) is 0 Å². The Morgan fingerprint density at radius 3 is 2.65 bits per heavy atom. The van der Waals surface area contributed by atoms with Gasteiger partial charge in [-0.3, -0.25) is 0 Å². The number of carbonyl (C=O) groups is 1. The lowest BCUT2D eigenvalue weighted by Crippen LogP contribution is -2.39. The number of nitrogens with one attached hydrogen (secondary N) is 1. The average Bonchev–Trinajstić information content (AvgIpc) is 3.20. The van der Waals surface area contributed by atoms with Gasteiger partial charge in [0.15, 0.2) is 5.75 Å². The van der Waals surface area contributed by atoms with Gasteiger partial charge in [-0.1, -0.05) is 12.1 Å². The van der Waals surface area contributed by atoms with Gasteiger partial charge in [-0.15, -0.1) is 0 Å². The van der Waals surface area contributed by atoms with Crippen LogP contribution in [0.2, 0.25) is 0 Å². The van der Waals surface area contributed by atoms with E-state index >= 15 is 0 Å². The monoisotopic (exact) mass is 460 g/mol. The zero-order valence-corrected chi connectivity index (χ0v) is 18.8. The Labute approximate surface area is 197 Å². The standard InChI is InChI=1S/C26H25FN4O3/c1-33-20-11-12-21-24(17-20)34-23-6-3-2-5-22(23)29-25(21)30-13-4-14-31(16-15-30)26(32)28-19-9-7-18(27)8-10-19/h2-3,5-12,17H,4,13-16H2,1H3,(H,28,32). The Hall–Kier alpha value is -4.07. The fourth-order valence-corrected chi connectivity index (χ4v) is 4.14. The van der Waals surface area contributed by atoms with Crippen molar-refractivity contribution < 1.29 is 18.7 Å². The second-order valence-electron chi connectivity index (χ2n) is 8.13. The van der Waals surface area contributed by atoms with E-state index in [1.54, 1.807) is 24.1 Å². The first-order valence-electron chi connectivity index (χ1n) is 11.2. The summed E-state index contributed by atoms with van der Waals surface area (Å²) in [6.07, 6.45) is 0.782. The molecule has 2 aliphatic heterocycles. The van der Waals surface area contributed by atoms with Gasteiger partial charge in [0.05, 0.1) is 12.7 Å². The number of urea groups is 1. The molecule has 174 valence electrons. The number of hydrogen-bond donors (Lipinski definition) is 1. The van der Waals surface area contributed by atoms with Crippen LogP contribution in [0.15, 0.2) is 71.7 Å². The Morgan fingerprint density at radius 1 is 1.00 bits per heavy atom. The molecule has 7 nitrogen and oxygen atoms in total. The van der Waals surface area contributed by atoms with Gasteiger partial charge in [0, 0.05) is 37.9 Å². The summed E-state index contributed by atoms with van der Waals surface area (Å²) in [5, 5.41) is 2.85. The molecule has 3 aromatic carbocycles. The molecule has 8 heteroatoms. The molecule has 0 aromatic heterocycles. The quantitative estimate of drug-likeness (QED) is 0.567. The zero-order valence-electron chi connectivity index (χ0n) is 18.8. The van der Waals surface area contributed by atoms with Crippen molar-refractivity contribution in [3.8, 4) is 17.2 Å². The number of anilines is 1. The van der Waals surface area contributed by atoms with Gasteiger partial charge in [0.1, 0.15) is 28.8 Å². The van der Waals surface area contributed by atoms with Crippen LogP contribution >= 0.6 is 0 Å². The van der Waals surface area contributed by atoms with E-state index in [-0.39, 0.29) is 11.8 Å². The minimum Gasteiger partial charge on any atom is -0.497 e. The number of halogens is 1. The van der Waals surface area contributed by atoms with Gasteiger partial charge < -0.3 is 24.6 Å². The van der Waals surface area contributed by atoms with Crippen LogP contribution in [-0.2, 0) is 0 Å². The number of hydrogen-bond acceptors (Lipinski definition) is 5. The Morgan fingerprint density at radius 2 is 1.82 bits per heavy atom. The summed E-state index contributed by atoms with van der Waals surface area (Å²) in [4.78, 5) is 21.8. The van der Waals surface area contributed by atoms with Crippen molar-refractivity contribution in [3.63, 3.8) is 0 Å². The number of aliphatic imine (C=N–C) groups is 1. The maximum absolute atomic E-state index is 13.2. The largest absolute Gasteiger partial charge is 0.497 e.